The molecule has 4 nitrogen and oxygen atoms in total. The van der Waals surface area contributed by atoms with Crippen molar-refractivity contribution in [3.05, 3.63) is 18.2 Å². The van der Waals surface area contributed by atoms with Crippen LogP contribution in [-0.2, 0) is 0 Å². The molecule has 1 atom stereocenters. The zero-order valence-corrected chi connectivity index (χ0v) is 12.2. The smallest absolute Gasteiger partial charge is 0.144 e. The number of nitrogen functional groups attached to an aromatic ring is 1. The van der Waals surface area contributed by atoms with Crippen LogP contribution in [0.5, 0.6) is 5.75 Å². The molecule has 2 N–H and O–H groups in total. The van der Waals surface area contributed by atoms with E-state index < -0.39 is 0 Å². The predicted octanol–water partition coefficient (Wildman–Crippen LogP) is 3.04. The lowest BCUT2D eigenvalue weighted by molar-refractivity contribution is 0.244. The Labute approximate surface area is 115 Å². The first-order valence-corrected chi connectivity index (χ1v) is 6.69. The Balaban J connectivity index is 3.01. The third kappa shape index (κ3) is 4.06. The van der Waals surface area contributed by atoms with Crippen molar-refractivity contribution in [2.45, 2.75) is 33.8 Å². The molecule has 0 heterocycles. The van der Waals surface area contributed by atoms with E-state index in [0.29, 0.717) is 18.0 Å². The van der Waals surface area contributed by atoms with E-state index in [1.54, 1.807) is 0 Å². The van der Waals surface area contributed by atoms with Crippen LogP contribution in [-0.4, -0.2) is 19.2 Å². The largest absolute Gasteiger partial charge is 0.489 e. The maximum absolute atomic E-state index is 8.94. The number of benzene rings is 1. The lowest BCUT2D eigenvalue weighted by Gasteiger charge is -2.26. The minimum absolute atomic E-state index is 0.0333. The van der Waals surface area contributed by atoms with Crippen LogP contribution in [0.2, 0.25) is 0 Å². The van der Waals surface area contributed by atoms with Crippen LogP contribution >= 0.6 is 0 Å². The summed E-state index contributed by atoms with van der Waals surface area (Å²) < 4.78 is 5.69. The summed E-state index contributed by atoms with van der Waals surface area (Å²) in [4.78, 5) is 2.11. The lowest BCUT2D eigenvalue weighted by atomic mass is 10.1. The minimum Gasteiger partial charge on any atom is -0.489 e. The molecular weight excluding hydrogens is 238 g/mol. The zero-order chi connectivity index (χ0) is 14.4. The van der Waals surface area contributed by atoms with Gasteiger partial charge in [0.15, 0.2) is 0 Å². The number of ether oxygens (including phenoxy) is 1. The first-order chi connectivity index (χ1) is 8.99. The van der Waals surface area contributed by atoms with E-state index in [4.69, 9.17) is 15.7 Å². The average molecular weight is 261 g/mol. The molecule has 4 heteroatoms. The molecule has 0 aliphatic heterocycles. The number of para-hydroxylation sites is 1. The first-order valence-electron chi connectivity index (χ1n) is 6.69. The van der Waals surface area contributed by atoms with Gasteiger partial charge in [0.1, 0.15) is 5.75 Å². The van der Waals surface area contributed by atoms with Gasteiger partial charge >= 0.3 is 0 Å². The van der Waals surface area contributed by atoms with Gasteiger partial charge in [0.2, 0.25) is 0 Å². The van der Waals surface area contributed by atoms with E-state index >= 15 is 0 Å². The molecule has 1 rings (SSSR count). The Hall–Kier alpha value is -1.89. The lowest BCUT2D eigenvalue weighted by Crippen LogP contribution is -2.28. The maximum atomic E-state index is 8.94. The molecule has 0 bridgehead atoms. The predicted molar refractivity (Wildman–Crippen MR) is 79.3 cm³/mol. The Morgan fingerprint density at radius 1 is 1.37 bits per heavy atom. The van der Waals surface area contributed by atoms with Gasteiger partial charge in [-0.3, -0.25) is 0 Å². The third-order valence-electron chi connectivity index (χ3n) is 2.84. The highest BCUT2D eigenvalue weighted by Gasteiger charge is 2.14. The molecule has 0 aromatic heterocycles. The molecule has 1 aromatic carbocycles. The topological polar surface area (TPSA) is 62.3 Å². The molecule has 0 fully saturated rings. The third-order valence-corrected chi connectivity index (χ3v) is 2.84. The van der Waals surface area contributed by atoms with Crippen LogP contribution in [0.15, 0.2) is 18.2 Å². The molecule has 104 valence electrons. The molecule has 0 aliphatic carbocycles. The molecule has 0 saturated carbocycles. The number of hydrogen-bond acceptors (Lipinski definition) is 4. The minimum atomic E-state index is -0.0333. The highest BCUT2D eigenvalue weighted by molar-refractivity contribution is 5.74. The monoisotopic (exact) mass is 261 g/mol. The molecule has 0 saturated heterocycles. The molecule has 0 spiro atoms. The number of nitrogens with zero attached hydrogens (tertiary/aromatic N) is 2. The van der Waals surface area contributed by atoms with Crippen molar-refractivity contribution >= 4 is 11.4 Å². The molecule has 0 radical (unpaired) electrons. The van der Waals surface area contributed by atoms with Crippen molar-refractivity contribution in [2.24, 2.45) is 5.92 Å². The summed E-state index contributed by atoms with van der Waals surface area (Å²) in [6.45, 7) is 9.39. The van der Waals surface area contributed by atoms with Crippen molar-refractivity contribution in [2.75, 3.05) is 23.7 Å². The summed E-state index contributed by atoms with van der Waals surface area (Å²) in [5.41, 5.74) is 7.75. The molecule has 1 aromatic rings. The SMILES string of the molecule is CCN(CC(C)C#N)c1cccc(OC(C)C)c1N. The van der Waals surface area contributed by atoms with Crippen LogP contribution in [0.25, 0.3) is 0 Å². The van der Waals surface area contributed by atoms with Gasteiger partial charge in [0, 0.05) is 13.1 Å². The van der Waals surface area contributed by atoms with Crippen molar-refractivity contribution in [3.63, 3.8) is 0 Å². The van der Waals surface area contributed by atoms with Gasteiger partial charge in [-0.2, -0.15) is 5.26 Å². The average Bonchev–Trinajstić information content (AvgIpc) is 2.38. The Morgan fingerprint density at radius 2 is 2.05 bits per heavy atom. The second kappa shape index (κ2) is 6.89. The standard InChI is InChI=1S/C15H23N3O/c1-5-18(10-12(4)9-16)13-7-6-8-14(15(13)17)19-11(2)3/h6-8,11-12H,5,10,17H2,1-4H3. The van der Waals surface area contributed by atoms with E-state index in [1.807, 2.05) is 39.0 Å². The summed E-state index contributed by atoms with van der Waals surface area (Å²) in [5.74, 6) is 0.671. The second-order valence-electron chi connectivity index (χ2n) is 4.92. The van der Waals surface area contributed by atoms with E-state index in [-0.39, 0.29) is 12.0 Å². The van der Waals surface area contributed by atoms with Crippen LogP contribution < -0.4 is 15.4 Å². The number of nitriles is 1. The zero-order valence-electron chi connectivity index (χ0n) is 12.2. The number of nitrogens with two attached hydrogens (primary N) is 1. The van der Waals surface area contributed by atoms with Crippen LogP contribution in [0.1, 0.15) is 27.7 Å². The van der Waals surface area contributed by atoms with Crippen molar-refractivity contribution in [1.82, 2.24) is 0 Å². The summed E-state index contributed by atoms with van der Waals surface area (Å²) in [6.07, 6.45) is 0.0886. The van der Waals surface area contributed by atoms with Gasteiger partial charge in [0.25, 0.3) is 0 Å². The normalized spacial score (nSPS) is 12.0. The number of rotatable bonds is 6. The van der Waals surface area contributed by atoms with Gasteiger partial charge in [-0.25, -0.2) is 0 Å². The molecule has 0 aliphatic rings. The van der Waals surface area contributed by atoms with Crippen molar-refractivity contribution < 1.29 is 4.74 Å². The quantitative estimate of drug-likeness (QED) is 0.799. The maximum Gasteiger partial charge on any atom is 0.144 e. The summed E-state index contributed by atoms with van der Waals surface area (Å²) in [6, 6.07) is 8.03. The van der Waals surface area contributed by atoms with Gasteiger partial charge in [0.05, 0.1) is 29.5 Å². The van der Waals surface area contributed by atoms with E-state index in [1.165, 1.54) is 0 Å². The Morgan fingerprint density at radius 3 is 2.58 bits per heavy atom. The van der Waals surface area contributed by atoms with E-state index in [0.717, 1.165) is 12.2 Å². The Kier molecular flexibility index (Phi) is 5.50. The summed E-state index contributed by atoms with van der Waals surface area (Å²) >= 11 is 0. The van der Waals surface area contributed by atoms with Gasteiger partial charge < -0.3 is 15.4 Å². The second-order valence-corrected chi connectivity index (χ2v) is 4.92. The Bertz CT molecular complexity index is 451. The highest BCUT2D eigenvalue weighted by Crippen LogP contribution is 2.33. The molecular formula is C15H23N3O. The van der Waals surface area contributed by atoms with Gasteiger partial charge in [-0.05, 0) is 39.8 Å². The van der Waals surface area contributed by atoms with Crippen molar-refractivity contribution in [3.8, 4) is 11.8 Å². The molecule has 0 amide bonds. The van der Waals surface area contributed by atoms with Gasteiger partial charge in [-0.15, -0.1) is 0 Å². The molecule has 19 heavy (non-hydrogen) atoms. The fourth-order valence-electron chi connectivity index (χ4n) is 1.93. The van der Waals surface area contributed by atoms with Gasteiger partial charge in [-0.1, -0.05) is 6.07 Å². The fraction of sp³-hybridized carbons (Fsp3) is 0.533. The number of anilines is 2. The van der Waals surface area contributed by atoms with Crippen LogP contribution in [0, 0.1) is 17.2 Å². The number of hydrogen-bond donors (Lipinski definition) is 1. The van der Waals surface area contributed by atoms with E-state index in [9.17, 15) is 0 Å². The molecule has 1 unspecified atom stereocenters. The summed E-state index contributed by atoms with van der Waals surface area (Å²) in [7, 11) is 0. The van der Waals surface area contributed by atoms with Crippen molar-refractivity contribution in [1.29, 1.82) is 5.26 Å². The van der Waals surface area contributed by atoms with Crippen LogP contribution in [0.4, 0.5) is 11.4 Å². The summed E-state index contributed by atoms with van der Waals surface area (Å²) in [5, 5.41) is 8.94. The van der Waals surface area contributed by atoms with E-state index in [2.05, 4.69) is 17.9 Å². The highest BCUT2D eigenvalue weighted by atomic mass is 16.5. The first kappa shape index (κ1) is 15.2. The van der Waals surface area contributed by atoms with Crippen LogP contribution in [0.3, 0.4) is 0 Å². The fourth-order valence-corrected chi connectivity index (χ4v) is 1.93.